The lowest BCUT2D eigenvalue weighted by molar-refractivity contribution is 1.21. The summed E-state index contributed by atoms with van der Waals surface area (Å²) in [5.74, 6) is 0. The lowest BCUT2D eigenvalue weighted by atomic mass is 9.99. The molecule has 0 saturated carbocycles. The highest BCUT2D eigenvalue weighted by atomic mass is 16.1. The Kier molecular flexibility index (Phi) is 3.63. The SMILES string of the molecule is C=CC(=N/C=C\C)c1cc2c3ccccc3c(=O)n3c4ccccc4c(c1)c23. The van der Waals surface area contributed by atoms with E-state index in [1.165, 1.54) is 0 Å². The summed E-state index contributed by atoms with van der Waals surface area (Å²) >= 11 is 0. The maximum Gasteiger partial charge on any atom is 0.263 e. The zero-order chi connectivity index (χ0) is 19.3. The second kappa shape index (κ2) is 6.17. The molecule has 5 rings (SSSR count). The fourth-order valence-corrected chi connectivity index (χ4v) is 4.09. The molecule has 0 atom stereocenters. The maximum absolute atomic E-state index is 13.3. The first-order chi connectivity index (χ1) is 13.7. The summed E-state index contributed by atoms with van der Waals surface area (Å²) in [5, 5.41) is 4.86. The second-order valence-corrected chi connectivity index (χ2v) is 6.82. The molecule has 2 heterocycles. The van der Waals surface area contributed by atoms with Crippen molar-refractivity contribution >= 4 is 43.7 Å². The van der Waals surface area contributed by atoms with Gasteiger partial charge in [0.1, 0.15) is 0 Å². The Morgan fingerprint density at radius 3 is 2.29 bits per heavy atom. The predicted octanol–water partition coefficient (Wildman–Crippen LogP) is 5.71. The van der Waals surface area contributed by atoms with Gasteiger partial charge in [-0.3, -0.25) is 14.2 Å². The smallest absolute Gasteiger partial charge is 0.263 e. The normalized spacial score (nSPS) is 12.8. The summed E-state index contributed by atoms with van der Waals surface area (Å²) in [6, 6.07) is 20.1. The molecule has 5 aromatic rings. The van der Waals surface area contributed by atoms with Crippen LogP contribution in [-0.2, 0) is 0 Å². The molecule has 0 spiro atoms. The van der Waals surface area contributed by atoms with Crippen molar-refractivity contribution < 1.29 is 0 Å². The highest BCUT2D eigenvalue weighted by molar-refractivity contribution is 6.23. The summed E-state index contributed by atoms with van der Waals surface area (Å²) in [5.41, 5.74) is 3.71. The van der Waals surface area contributed by atoms with Gasteiger partial charge in [0, 0.05) is 33.3 Å². The van der Waals surface area contributed by atoms with Crippen molar-refractivity contribution in [3.63, 3.8) is 0 Å². The van der Waals surface area contributed by atoms with Crippen molar-refractivity contribution in [2.75, 3.05) is 0 Å². The van der Waals surface area contributed by atoms with Crippen LogP contribution >= 0.6 is 0 Å². The number of hydrogen-bond donors (Lipinski definition) is 0. The van der Waals surface area contributed by atoms with Gasteiger partial charge in [0.15, 0.2) is 0 Å². The molecule has 0 aliphatic carbocycles. The molecule has 3 nitrogen and oxygen atoms in total. The number of nitrogens with zero attached hydrogens (tertiary/aromatic N) is 2. The molecule has 28 heavy (non-hydrogen) atoms. The second-order valence-electron chi connectivity index (χ2n) is 6.82. The third kappa shape index (κ3) is 2.16. The van der Waals surface area contributed by atoms with Crippen molar-refractivity contribution in [1.82, 2.24) is 4.40 Å². The standard InChI is InChI=1S/C25H18N2O/c1-3-13-26-22(4-2)16-14-20-17-9-5-6-11-19(17)25(28)27-23-12-8-7-10-18(23)21(15-16)24(20)27/h3-15H,2H2,1H3/b13-3-,26-22?. The van der Waals surface area contributed by atoms with Gasteiger partial charge >= 0.3 is 0 Å². The van der Waals surface area contributed by atoms with Gasteiger partial charge in [0.2, 0.25) is 0 Å². The number of aliphatic imine (C=N–C) groups is 1. The Morgan fingerprint density at radius 1 is 0.929 bits per heavy atom. The summed E-state index contributed by atoms with van der Waals surface area (Å²) < 4.78 is 1.85. The number of para-hydroxylation sites is 1. The van der Waals surface area contributed by atoms with Crippen LogP contribution in [0.15, 0.2) is 95.4 Å². The van der Waals surface area contributed by atoms with Crippen LogP contribution in [0.2, 0.25) is 0 Å². The Morgan fingerprint density at radius 2 is 1.57 bits per heavy atom. The first-order valence-corrected chi connectivity index (χ1v) is 9.27. The molecule has 3 aromatic carbocycles. The van der Waals surface area contributed by atoms with Crippen molar-refractivity contribution in [2.45, 2.75) is 6.92 Å². The molecule has 0 aliphatic heterocycles. The van der Waals surface area contributed by atoms with Crippen LogP contribution in [0.25, 0.3) is 38.0 Å². The van der Waals surface area contributed by atoms with Crippen molar-refractivity contribution in [3.05, 3.63) is 102 Å². The number of hydrogen-bond acceptors (Lipinski definition) is 2. The van der Waals surface area contributed by atoms with E-state index in [4.69, 9.17) is 0 Å². The highest BCUT2D eigenvalue weighted by Gasteiger charge is 2.18. The number of rotatable bonds is 3. The number of benzene rings is 3. The summed E-state index contributed by atoms with van der Waals surface area (Å²) in [4.78, 5) is 17.8. The van der Waals surface area contributed by atoms with Gasteiger partial charge in [-0.15, -0.1) is 0 Å². The van der Waals surface area contributed by atoms with E-state index in [-0.39, 0.29) is 5.56 Å². The number of aromatic nitrogens is 1. The molecule has 0 aliphatic rings. The average Bonchev–Trinajstić information content (AvgIpc) is 3.08. The summed E-state index contributed by atoms with van der Waals surface area (Å²) in [6.07, 6.45) is 5.44. The molecule has 2 aromatic heterocycles. The van der Waals surface area contributed by atoms with E-state index in [0.717, 1.165) is 49.2 Å². The van der Waals surface area contributed by atoms with Crippen molar-refractivity contribution in [3.8, 4) is 0 Å². The van der Waals surface area contributed by atoms with Crippen LogP contribution in [0.4, 0.5) is 0 Å². The molecule has 0 saturated heterocycles. The lowest BCUT2D eigenvalue weighted by Gasteiger charge is -2.09. The molecule has 134 valence electrons. The summed E-state index contributed by atoms with van der Waals surface area (Å²) in [6.45, 7) is 5.88. The fraction of sp³-hybridized carbons (Fsp3) is 0.0400. The minimum atomic E-state index is 0.0218. The molecule has 0 unspecified atom stereocenters. The Balaban J connectivity index is 2.09. The quantitative estimate of drug-likeness (QED) is 0.299. The molecular formula is C25H18N2O. The van der Waals surface area contributed by atoms with Crippen LogP contribution in [0.3, 0.4) is 0 Å². The highest BCUT2D eigenvalue weighted by Crippen LogP contribution is 2.35. The largest absolute Gasteiger partial charge is 0.275 e. The zero-order valence-electron chi connectivity index (χ0n) is 15.5. The van der Waals surface area contributed by atoms with Crippen LogP contribution in [0.1, 0.15) is 12.5 Å². The minimum Gasteiger partial charge on any atom is -0.275 e. The van der Waals surface area contributed by atoms with E-state index in [9.17, 15) is 4.79 Å². The van der Waals surface area contributed by atoms with Gasteiger partial charge in [-0.05, 0) is 42.7 Å². The van der Waals surface area contributed by atoms with Crippen molar-refractivity contribution in [2.24, 2.45) is 4.99 Å². The van der Waals surface area contributed by atoms with Crippen LogP contribution < -0.4 is 5.56 Å². The molecule has 0 bridgehead atoms. The van der Waals surface area contributed by atoms with Crippen LogP contribution in [0.5, 0.6) is 0 Å². The third-order valence-corrected chi connectivity index (χ3v) is 5.27. The van der Waals surface area contributed by atoms with Gasteiger partial charge < -0.3 is 0 Å². The average molecular weight is 362 g/mol. The maximum atomic E-state index is 13.3. The number of allylic oxidation sites excluding steroid dienone is 2. The van der Waals surface area contributed by atoms with Gasteiger partial charge in [0.25, 0.3) is 5.56 Å². The monoisotopic (exact) mass is 362 g/mol. The summed E-state index contributed by atoms with van der Waals surface area (Å²) in [7, 11) is 0. The van der Waals surface area contributed by atoms with E-state index >= 15 is 0 Å². The molecule has 0 N–H and O–H groups in total. The van der Waals surface area contributed by atoms with Crippen LogP contribution in [-0.4, -0.2) is 10.1 Å². The van der Waals surface area contributed by atoms with E-state index in [0.29, 0.717) is 0 Å². The Hall–Kier alpha value is -3.72. The Labute approximate surface area is 161 Å². The lowest BCUT2D eigenvalue weighted by Crippen LogP contribution is -2.13. The number of fused-ring (bicyclic) bond motifs is 5. The van der Waals surface area contributed by atoms with E-state index in [1.807, 2.05) is 59.9 Å². The van der Waals surface area contributed by atoms with Crippen LogP contribution in [0, 0.1) is 0 Å². The first kappa shape index (κ1) is 16.5. The molecule has 0 radical (unpaired) electrons. The van der Waals surface area contributed by atoms with E-state index in [2.05, 4.69) is 29.8 Å². The number of pyridine rings is 1. The minimum absolute atomic E-state index is 0.0218. The van der Waals surface area contributed by atoms with Gasteiger partial charge in [-0.25, -0.2) is 0 Å². The van der Waals surface area contributed by atoms with Gasteiger partial charge in [0.05, 0.1) is 16.7 Å². The van der Waals surface area contributed by atoms with Gasteiger partial charge in [-0.1, -0.05) is 49.1 Å². The fourth-order valence-electron chi connectivity index (χ4n) is 4.09. The third-order valence-electron chi connectivity index (χ3n) is 5.27. The molecule has 0 fully saturated rings. The Bertz CT molecular complexity index is 1500. The van der Waals surface area contributed by atoms with Gasteiger partial charge in [-0.2, -0.15) is 0 Å². The molecule has 0 amide bonds. The van der Waals surface area contributed by atoms with E-state index in [1.54, 1.807) is 12.3 Å². The topological polar surface area (TPSA) is 33.8 Å². The molecular weight excluding hydrogens is 344 g/mol. The first-order valence-electron chi connectivity index (χ1n) is 9.27. The van der Waals surface area contributed by atoms with Crippen molar-refractivity contribution in [1.29, 1.82) is 0 Å². The van der Waals surface area contributed by atoms with E-state index < -0.39 is 0 Å². The predicted molar refractivity (Wildman–Crippen MR) is 119 cm³/mol. The zero-order valence-corrected chi connectivity index (χ0v) is 15.5. The molecule has 3 heteroatoms.